The smallest absolute Gasteiger partial charge is 0.191 e. The second-order valence-electron chi connectivity index (χ2n) is 6.29. The van der Waals surface area contributed by atoms with Crippen LogP contribution >= 0.6 is 24.0 Å². The van der Waals surface area contributed by atoms with Crippen LogP contribution in [0.4, 0.5) is 4.39 Å². The molecule has 0 bridgehead atoms. The van der Waals surface area contributed by atoms with Gasteiger partial charge in [0, 0.05) is 26.8 Å². The molecule has 10 heteroatoms. The van der Waals surface area contributed by atoms with Crippen molar-refractivity contribution in [2.75, 3.05) is 26.8 Å². The summed E-state index contributed by atoms with van der Waals surface area (Å²) in [6.07, 6.45) is 0.630. The zero-order chi connectivity index (χ0) is 20.4. The molecular weight excluding hydrogens is 490 g/mol. The largest absolute Gasteiger partial charge is 0.489 e. The minimum Gasteiger partial charge on any atom is -0.489 e. The maximum Gasteiger partial charge on any atom is 0.191 e. The summed E-state index contributed by atoms with van der Waals surface area (Å²) in [6.45, 7) is 5.99. The third kappa shape index (κ3) is 8.52. The first-order valence-corrected chi connectivity index (χ1v) is 9.31. The molecule has 1 aromatic carbocycles. The van der Waals surface area contributed by atoms with Crippen molar-refractivity contribution in [2.45, 2.75) is 32.9 Å². The first kappa shape index (κ1) is 25.1. The van der Waals surface area contributed by atoms with Gasteiger partial charge in [0.15, 0.2) is 11.8 Å². The minimum atomic E-state index is -0.317. The number of nitrogens with zero attached hydrogens (tertiary/aromatic N) is 4. The normalized spacial score (nSPS) is 12.2. The number of guanidine groups is 1. The highest BCUT2D eigenvalue weighted by Crippen LogP contribution is 2.14. The second kappa shape index (κ2) is 13.3. The first-order chi connectivity index (χ1) is 13.5. The zero-order valence-corrected chi connectivity index (χ0v) is 19.6. The SMILES string of the molecule is CCC(CNC(=NCc1nnc(C)n1C)NCCOC)Oc1cccc(F)c1.I. The summed E-state index contributed by atoms with van der Waals surface area (Å²) in [7, 11) is 3.56. The number of hydrogen-bond donors (Lipinski definition) is 2. The van der Waals surface area contributed by atoms with Crippen molar-refractivity contribution in [2.24, 2.45) is 12.0 Å². The molecule has 0 radical (unpaired) electrons. The van der Waals surface area contributed by atoms with E-state index in [1.807, 2.05) is 25.5 Å². The Morgan fingerprint density at radius 2 is 2.10 bits per heavy atom. The van der Waals surface area contributed by atoms with Gasteiger partial charge in [0.25, 0.3) is 0 Å². The van der Waals surface area contributed by atoms with Gasteiger partial charge in [0.05, 0.1) is 13.2 Å². The van der Waals surface area contributed by atoms with Crippen molar-refractivity contribution in [1.29, 1.82) is 0 Å². The van der Waals surface area contributed by atoms with Crippen LogP contribution < -0.4 is 15.4 Å². The van der Waals surface area contributed by atoms with E-state index in [1.54, 1.807) is 19.2 Å². The van der Waals surface area contributed by atoms with E-state index in [9.17, 15) is 4.39 Å². The molecule has 0 aliphatic rings. The molecule has 0 saturated heterocycles. The Kier molecular flexibility index (Phi) is 11.5. The molecule has 1 aromatic heterocycles. The molecule has 2 aromatic rings. The molecule has 1 atom stereocenters. The van der Waals surface area contributed by atoms with Crippen LogP contribution in [0.1, 0.15) is 25.0 Å². The highest BCUT2D eigenvalue weighted by Gasteiger charge is 2.11. The quantitative estimate of drug-likeness (QED) is 0.217. The topological polar surface area (TPSA) is 85.6 Å². The van der Waals surface area contributed by atoms with Gasteiger partial charge >= 0.3 is 0 Å². The van der Waals surface area contributed by atoms with Gasteiger partial charge in [-0.2, -0.15) is 0 Å². The average molecular weight is 520 g/mol. The average Bonchev–Trinajstić information content (AvgIpc) is 3.00. The Morgan fingerprint density at radius 1 is 1.31 bits per heavy atom. The van der Waals surface area contributed by atoms with E-state index in [4.69, 9.17) is 9.47 Å². The molecular formula is C19H30FIN6O2. The van der Waals surface area contributed by atoms with Gasteiger partial charge in [0.2, 0.25) is 0 Å². The number of aromatic nitrogens is 3. The standard InChI is InChI=1S/C19H29FN6O2.HI/c1-5-16(28-17-8-6-7-15(20)11-17)12-22-19(21-9-10-27-4)23-13-18-25-24-14(2)26(18)3;/h6-8,11,16H,5,9-10,12-13H2,1-4H3,(H2,21,22,23);1H. The Hall–Kier alpha value is -1.95. The van der Waals surface area contributed by atoms with Crippen molar-refractivity contribution in [3.05, 3.63) is 41.7 Å². The van der Waals surface area contributed by atoms with Gasteiger partial charge in [-0.1, -0.05) is 13.0 Å². The van der Waals surface area contributed by atoms with Crippen LogP contribution in [0.5, 0.6) is 5.75 Å². The van der Waals surface area contributed by atoms with Gasteiger partial charge in [-0.3, -0.25) is 0 Å². The number of halogens is 2. The summed E-state index contributed by atoms with van der Waals surface area (Å²) >= 11 is 0. The van der Waals surface area contributed by atoms with Crippen LogP contribution in [0.3, 0.4) is 0 Å². The Bertz CT molecular complexity index is 771. The third-order valence-electron chi connectivity index (χ3n) is 4.21. The fourth-order valence-electron chi connectivity index (χ4n) is 2.40. The molecule has 0 aliphatic carbocycles. The number of nitrogens with one attached hydrogen (secondary N) is 2. The summed E-state index contributed by atoms with van der Waals surface area (Å²) in [6, 6.07) is 6.15. The molecule has 1 unspecified atom stereocenters. The van der Waals surface area contributed by atoms with E-state index >= 15 is 0 Å². The fourth-order valence-corrected chi connectivity index (χ4v) is 2.40. The third-order valence-corrected chi connectivity index (χ3v) is 4.21. The molecule has 2 rings (SSSR count). The Balaban J connectivity index is 0.00000420. The first-order valence-electron chi connectivity index (χ1n) is 9.31. The summed E-state index contributed by atoms with van der Waals surface area (Å²) < 4.78 is 26.2. The van der Waals surface area contributed by atoms with Gasteiger partial charge in [-0.15, -0.1) is 34.2 Å². The highest BCUT2D eigenvalue weighted by molar-refractivity contribution is 14.0. The lowest BCUT2D eigenvalue weighted by molar-refractivity contribution is 0.197. The van der Waals surface area contributed by atoms with Crippen LogP contribution in [-0.2, 0) is 18.3 Å². The molecule has 162 valence electrons. The monoisotopic (exact) mass is 520 g/mol. The summed E-state index contributed by atoms with van der Waals surface area (Å²) in [5.41, 5.74) is 0. The predicted molar refractivity (Wildman–Crippen MR) is 121 cm³/mol. The number of benzene rings is 1. The Labute approximate surface area is 188 Å². The maximum atomic E-state index is 13.4. The number of ether oxygens (including phenoxy) is 2. The molecule has 8 nitrogen and oxygen atoms in total. The van der Waals surface area contributed by atoms with Crippen molar-refractivity contribution < 1.29 is 13.9 Å². The number of aliphatic imine (C=N–C) groups is 1. The van der Waals surface area contributed by atoms with Gasteiger partial charge in [-0.05, 0) is 25.5 Å². The minimum absolute atomic E-state index is 0. The van der Waals surface area contributed by atoms with Crippen molar-refractivity contribution >= 4 is 29.9 Å². The summed E-state index contributed by atoms with van der Waals surface area (Å²) in [5, 5.41) is 14.6. The molecule has 29 heavy (non-hydrogen) atoms. The molecule has 2 N–H and O–H groups in total. The molecule has 0 saturated carbocycles. The lowest BCUT2D eigenvalue weighted by Crippen LogP contribution is -2.43. The molecule has 0 amide bonds. The zero-order valence-electron chi connectivity index (χ0n) is 17.3. The molecule has 0 aliphatic heterocycles. The summed E-state index contributed by atoms with van der Waals surface area (Å²) in [5.74, 6) is 2.42. The predicted octanol–water partition coefficient (Wildman–Crippen LogP) is 2.42. The van der Waals surface area contributed by atoms with Crippen LogP contribution in [0.2, 0.25) is 0 Å². The van der Waals surface area contributed by atoms with E-state index in [2.05, 4.69) is 25.8 Å². The summed E-state index contributed by atoms with van der Waals surface area (Å²) in [4.78, 5) is 4.57. The Morgan fingerprint density at radius 3 is 2.72 bits per heavy atom. The van der Waals surface area contributed by atoms with E-state index in [1.165, 1.54) is 12.1 Å². The molecule has 0 fully saturated rings. The lowest BCUT2D eigenvalue weighted by Gasteiger charge is -2.20. The van der Waals surface area contributed by atoms with E-state index in [-0.39, 0.29) is 35.9 Å². The van der Waals surface area contributed by atoms with Crippen LogP contribution in [0.25, 0.3) is 0 Å². The van der Waals surface area contributed by atoms with E-state index in [0.717, 1.165) is 18.1 Å². The van der Waals surface area contributed by atoms with Gasteiger partial charge < -0.3 is 24.7 Å². The molecule has 1 heterocycles. The van der Waals surface area contributed by atoms with Crippen molar-refractivity contribution in [3.8, 4) is 5.75 Å². The van der Waals surface area contributed by atoms with Crippen LogP contribution in [0, 0.1) is 12.7 Å². The van der Waals surface area contributed by atoms with Crippen molar-refractivity contribution in [3.63, 3.8) is 0 Å². The number of aryl methyl sites for hydroxylation is 1. The lowest BCUT2D eigenvalue weighted by atomic mass is 10.2. The number of rotatable bonds is 10. The molecule has 0 spiro atoms. The van der Waals surface area contributed by atoms with Crippen LogP contribution in [-0.4, -0.2) is 53.6 Å². The fraction of sp³-hybridized carbons (Fsp3) is 0.526. The van der Waals surface area contributed by atoms with Gasteiger partial charge in [0.1, 0.15) is 30.0 Å². The second-order valence-corrected chi connectivity index (χ2v) is 6.29. The highest BCUT2D eigenvalue weighted by atomic mass is 127. The maximum absolute atomic E-state index is 13.4. The van der Waals surface area contributed by atoms with E-state index in [0.29, 0.717) is 38.0 Å². The van der Waals surface area contributed by atoms with Crippen molar-refractivity contribution in [1.82, 2.24) is 25.4 Å². The number of methoxy groups -OCH3 is 1. The van der Waals surface area contributed by atoms with E-state index < -0.39 is 0 Å². The van der Waals surface area contributed by atoms with Gasteiger partial charge in [-0.25, -0.2) is 9.38 Å². The number of hydrogen-bond acceptors (Lipinski definition) is 5. The van der Waals surface area contributed by atoms with Crippen LogP contribution in [0.15, 0.2) is 29.3 Å².